The second-order valence-corrected chi connectivity index (χ2v) is 5.05. The van der Waals surface area contributed by atoms with Gasteiger partial charge in [-0.05, 0) is 31.7 Å². The standard InChI is InChI=1S/C13H16ClNO/c14-11-4-1-3-10-12(15-9-6-7-9)5-2-8-16-13(10)11/h1,3-4,9,12,15H,2,5-8H2. The summed E-state index contributed by atoms with van der Waals surface area (Å²) in [6, 6.07) is 7.18. The van der Waals surface area contributed by atoms with Crippen LogP contribution in [0, 0.1) is 0 Å². The van der Waals surface area contributed by atoms with E-state index < -0.39 is 0 Å². The number of hydrogen-bond donors (Lipinski definition) is 1. The molecule has 2 nitrogen and oxygen atoms in total. The van der Waals surface area contributed by atoms with Crippen molar-refractivity contribution in [3.05, 3.63) is 28.8 Å². The Labute approximate surface area is 101 Å². The molecule has 86 valence electrons. The van der Waals surface area contributed by atoms with E-state index >= 15 is 0 Å². The summed E-state index contributed by atoms with van der Waals surface area (Å²) in [7, 11) is 0. The highest BCUT2D eigenvalue weighted by molar-refractivity contribution is 6.32. The van der Waals surface area contributed by atoms with Crippen LogP contribution in [-0.2, 0) is 0 Å². The summed E-state index contributed by atoms with van der Waals surface area (Å²) in [5.41, 5.74) is 1.23. The molecule has 1 aliphatic carbocycles. The molecule has 0 saturated heterocycles. The van der Waals surface area contributed by atoms with Crippen LogP contribution in [0.5, 0.6) is 5.75 Å². The van der Waals surface area contributed by atoms with E-state index in [4.69, 9.17) is 16.3 Å². The molecule has 1 aromatic rings. The smallest absolute Gasteiger partial charge is 0.142 e. The lowest BCUT2D eigenvalue weighted by Crippen LogP contribution is -2.23. The number of para-hydroxylation sites is 1. The van der Waals surface area contributed by atoms with Gasteiger partial charge in [0.05, 0.1) is 11.6 Å². The molecule has 3 heteroatoms. The summed E-state index contributed by atoms with van der Waals surface area (Å²) in [4.78, 5) is 0. The lowest BCUT2D eigenvalue weighted by Gasteiger charge is -2.18. The average Bonchev–Trinajstić information content (AvgIpc) is 3.08. The summed E-state index contributed by atoms with van der Waals surface area (Å²) >= 11 is 6.18. The Bertz CT molecular complexity index is 390. The van der Waals surface area contributed by atoms with Gasteiger partial charge in [0.2, 0.25) is 0 Å². The highest BCUT2D eigenvalue weighted by Crippen LogP contribution is 2.38. The summed E-state index contributed by atoms with van der Waals surface area (Å²) < 4.78 is 5.74. The topological polar surface area (TPSA) is 21.3 Å². The number of halogens is 1. The molecular weight excluding hydrogens is 222 g/mol. The number of fused-ring (bicyclic) bond motifs is 1. The Morgan fingerprint density at radius 3 is 2.94 bits per heavy atom. The Hall–Kier alpha value is -0.730. The van der Waals surface area contributed by atoms with Gasteiger partial charge in [-0.3, -0.25) is 0 Å². The summed E-state index contributed by atoms with van der Waals surface area (Å²) in [5.74, 6) is 0.889. The molecule has 1 fully saturated rings. The van der Waals surface area contributed by atoms with Gasteiger partial charge in [0, 0.05) is 17.6 Å². The maximum absolute atomic E-state index is 6.18. The van der Waals surface area contributed by atoms with Crippen LogP contribution >= 0.6 is 11.6 Å². The van der Waals surface area contributed by atoms with Crippen LogP contribution in [0.3, 0.4) is 0 Å². The van der Waals surface area contributed by atoms with E-state index in [1.54, 1.807) is 0 Å². The summed E-state index contributed by atoms with van der Waals surface area (Å²) in [6.07, 6.45) is 4.86. The Balaban J connectivity index is 1.92. The minimum atomic E-state index is 0.420. The fourth-order valence-electron chi connectivity index (χ4n) is 2.28. The predicted molar refractivity (Wildman–Crippen MR) is 65.1 cm³/mol. The molecule has 0 spiro atoms. The van der Waals surface area contributed by atoms with Crippen molar-refractivity contribution in [3.8, 4) is 5.75 Å². The van der Waals surface area contributed by atoms with Gasteiger partial charge in [-0.1, -0.05) is 23.7 Å². The van der Waals surface area contributed by atoms with Crippen molar-refractivity contribution in [1.29, 1.82) is 0 Å². The molecule has 0 amide bonds. The van der Waals surface area contributed by atoms with Crippen LogP contribution in [-0.4, -0.2) is 12.6 Å². The van der Waals surface area contributed by atoms with E-state index in [2.05, 4.69) is 11.4 Å². The van der Waals surface area contributed by atoms with Crippen molar-refractivity contribution in [3.63, 3.8) is 0 Å². The quantitative estimate of drug-likeness (QED) is 0.852. The van der Waals surface area contributed by atoms with Crippen LogP contribution in [0.1, 0.15) is 37.3 Å². The first-order valence-corrected chi connectivity index (χ1v) is 6.39. The van der Waals surface area contributed by atoms with Crippen molar-refractivity contribution < 1.29 is 4.74 Å². The van der Waals surface area contributed by atoms with Crippen LogP contribution in [0.4, 0.5) is 0 Å². The summed E-state index contributed by atoms with van der Waals surface area (Å²) in [6.45, 7) is 0.777. The average molecular weight is 238 g/mol. The third kappa shape index (κ3) is 2.04. The molecule has 1 heterocycles. The van der Waals surface area contributed by atoms with E-state index in [0.29, 0.717) is 6.04 Å². The molecule has 1 aliphatic heterocycles. The number of rotatable bonds is 2. The molecule has 0 radical (unpaired) electrons. The highest BCUT2D eigenvalue weighted by Gasteiger charge is 2.28. The van der Waals surface area contributed by atoms with Crippen LogP contribution in [0.25, 0.3) is 0 Å². The lowest BCUT2D eigenvalue weighted by atomic mass is 10.0. The second kappa shape index (κ2) is 4.27. The van der Waals surface area contributed by atoms with Crippen molar-refractivity contribution in [1.82, 2.24) is 5.32 Å². The second-order valence-electron chi connectivity index (χ2n) is 4.64. The van der Waals surface area contributed by atoms with Crippen molar-refractivity contribution in [2.24, 2.45) is 0 Å². The molecule has 2 aliphatic rings. The van der Waals surface area contributed by atoms with E-state index in [1.807, 2.05) is 12.1 Å². The van der Waals surface area contributed by atoms with Crippen LogP contribution in [0.2, 0.25) is 5.02 Å². The van der Waals surface area contributed by atoms with Gasteiger partial charge >= 0.3 is 0 Å². The molecule has 1 unspecified atom stereocenters. The fourth-order valence-corrected chi connectivity index (χ4v) is 2.51. The number of hydrogen-bond acceptors (Lipinski definition) is 2. The number of ether oxygens (including phenoxy) is 1. The van der Waals surface area contributed by atoms with Crippen molar-refractivity contribution >= 4 is 11.6 Å². The first-order valence-electron chi connectivity index (χ1n) is 6.02. The van der Waals surface area contributed by atoms with Crippen molar-refractivity contribution in [2.45, 2.75) is 37.8 Å². The first-order chi connectivity index (χ1) is 7.84. The van der Waals surface area contributed by atoms with Gasteiger partial charge in [0.1, 0.15) is 5.75 Å². The lowest BCUT2D eigenvalue weighted by molar-refractivity contribution is 0.315. The molecule has 1 atom stereocenters. The molecule has 0 aromatic heterocycles. The van der Waals surface area contributed by atoms with Crippen molar-refractivity contribution in [2.75, 3.05) is 6.61 Å². The minimum Gasteiger partial charge on any atom is -0.492 e. The molecular formula is C13H16ClNO. The molecule has 0 bridgehead atoms. The Kier molecular flexibility index (Phi) is 2.78. The molecule has 3 rings (SSSR count). The zero-order valence-corrected chi connectivity index (χ0v) is 9.96. The highest BCUT2D eigenvalue weighted by atomic mass is 35.5. The Morgan fingerprint density at radius 1 is 1.25 bits per heavy atom. The number of nitrogens with one attached hydrogen (secondary N) is 1. The first kappa shape index (κ1) is 10.4. The zero-order valence-electron chi connectivity index (χ0n) is 9.21. The SMILES string of the molecule is Clc1cccc2c1OCCCC2NC1CC1. The Morgan fingerprint density at radius 2 is 2.12 bits per heavy atom. The van der Waals surface area contributed by atoms with Gasteiger partial charge in [-0.2, -0.15) is 0 Å². The fraction of sp³-hybridized carbons (Fsp3) is 0.538. The molecule has 16 heavy (non-hydrogen) atoms. The van der Waals surface area contributed by atoms with Crippen LogP contribution < -0.4 is 10.1 Å². The van der Waals surface area contributed by atoms with Gasteiger partial charge < -0.3 is 10.1 Å². The van der Waals surface area contributed by atoms with E-state index in [9.17, 15) is 0 Å². The molecule has 1 N–H and O–H groups in total. The third-order valence-corrected chi connectivity index (χ3v) is 3.57. The van der Waals surface area contributed by atoms with E-state index in [0.717, 1.165) is 36.3 Å². The van der Waals surface area contributed by atoms with E-state index in [-0.39, 0.29) is 0 Å². The van der Waals surface area contributed by atoms with E-state index in [1.165, 1.54) is 18.4 Å². The van der Waals surface area contributed by atoms with Gasteiger partial charge in [-0.15, -0.1) is 0 Å². The monoisotopic (exact) mass is 237 g/mol. The third-order valence-electron chi connectivity index (χ3n) is 3.27. The largest absolute Gasteiger partial charge is 0.492 e. The minimum absolute atomic E-state index is 0.420. The van der Waals surface area contributed by atoms with Gasteiger partial charge in [0.25, 0.3) is 0 Å². The maximum Gasteiger partial charge on any atom is 0.142 e. The number of benzene rings is 1. The van der Waals surface area contributed by atoms with Gasteiger partial charge in [-0.25, -0.2) is 0 Å². The zero-order chi connectivity index (χ0) is 11.0. The molecule has 1 aromatic carbocycles. The normalized spacial score (nSPS) is 24.4. The van der Waals surface area contributed by atoms with Crippen LogP contribution in [0.15, 0.2) is 18.2 Å². The molecule has 1 saturated carbocycles. The summed E-state index contributed by atoms with van der Waals surface area (Å²) in [5, 5.41) is 4.42. The predicted octanol–water partition coefficient (Wildman–Crippen LogP) is 3.31. The maximum atomic E-state index is 6.18. The van der Waals surface area contributed by atoms with Gasteiger partial charge in [0.15, 0.2) is 0 Å².